The summed E-state index contributed by atoms with van der Waals surface area (Å²) in [7, 11) is 0. The van der Waals surface area contributed by atoms with E-state index in [1.807, 2.05) is 6.08 Å². The summed E-state index contributed by atoms with van der Waals surface area (Å²) in [5.41, 5.74) is 0. The van der Waals surface area contributed by atoms with E-state index in [-0.39, 0.29) is 37.5 Å². The van der Waals surface area contributed by atoms with E-state index < -0.39 is 6.10 Å². The van der Waals surface area contributed by atoms with Gasteiger partial charge in [0, 0.05) is 19.3 Å². The molecule has 0 N–H and O–H groups in total. The van der Waals surface area contributed by atoms with Crippen LogP contribution in [0.2, 0.25) is 0 Å². The molecule has 0 aliphatic heterocycles. The normalized spacial score (nSPS) is 12.6. The molecule has 0 spiro atoms. The molecule has 0 saturated heterocycles. The minimum atomic E-state index is -0.805. The van der Waals surface area contributed by atoms with Crippen LogP contribution in [0.1, 0.15) is 265 Å². The SMILES string of the molecule is CC/C=C\C/C=C\C/C=C\C/C=C\CCC(=O)OCC(COC(=O)CCCCCCCCC/C=C\C/C=C\CCCCC)OC(=O)CCCCCCCCCCCCCCCCCCC. The lowest BCUT2D eigenvalue weighted by Gasteiger charge is -2.18. The molecule has 6 nitrogen and oxygen atoms in total. The monoisotopic (exact) mass is 907 g/mol. The van der Waals surface area contributed by atoms with Crippen LogP contribution in [-0.4, -0.2) is 37.2 Å². The second kappa shape index (κ2) is 53.5. The lowest BCUT2D eigenvalue weighted by atomic mass is 10.0. The molecule has 6 heteroatoms. The van der Waals surface area contributed by atoms with Crippen LogP contribution >= 0.6 is 0 Å². The predicted octanol–water partition coefficient (Wildman–Crippen LogP) is 18.2. The van der Waals surface area contributed by atoms with Crippen molar-refractivity contribution >= 4 is 17.9 Å². The fourth-order valence-corrected chi connectivity index (χ4v) is 7.60. The van der Waals surface area contributed by atoms with Gasteiger partial charge in [-0.25, -0.2) is 0 Å². The summed E-state index contributed by atoms with van der Waals surface area (Å²) in [6.07, 6.45) is 67.6. The smallest absolute Gasteiger partial charge is 0.306 e. The first-order valence-corrected chi connectivity index (χ1v) is 27.4. The molecule has 0 fully saturated rings. The Morgan fingerprint density at radius 3 is 1.06 bits per heavy atom. The third kappa shape index (κ3) is 51.7. The Balaban J connectivity index is 4.43. The topological polar surface area (TPSA) is 78.9 Å². The van der Waals surface area contributed by atoms with Crippen LogP contribution < -0.4 is 0 Å². The van der Waals surface area contributed by atoms with Crippen molar-refractivity contribution in [2.75, 3.05) is 13.2 Å². The highest BCUT2D eigenvalue weighted by molar-refractivity contribution is 5.71. The third-order valence-electron chi connectivity index (χ3n) is 11.7. The molecule has 0 bridgehead atoms. The van der Waals surface area contributed by atoms with Gasteiger partial charge in [-0.2, -0.15) is 0 Å². The molecule has 0 saturated carbocycles. The Morgan fingerprint density at radius 1 is 0.323 bits per heavy atom. The van der Waals surface area contributed by atoms with Gasteiger partial charge in [-0.05, 0) is 77.0 Å². The third-order valence-corrected chi connectivity index (χ3v) is 11.7. The number of carbonyl (C=O) groups excluding carboxylic acids is 3. The lowest BCUT2D eigenvalue weighted by molar-refractivity contribution is -0.166. The van der Waals surface area contributed by atoms with Crippen molar-refractivity contribution in [1.29, 1.82) is 0 Å². The van der Waals surface area contributed by atoms with E-state index in [4.69, 9.17) is 14.2 Å². The minimum Gasteiger partial charge on any atom is -0.462 e. The number of hydrogen-bond donors (Lipinski definition) is 0. The van der Waals surface area contributed by atoms with E-state index in [0.717, 1.165) is 77.0 Å². The number of unbranched alkanes of at least 4 members (excludes halogenated alkanes) is 26. The molecule has 0 heterocycles. The van der Waals surface area contributed by atoms with Crippen LogP contribution in [0.15, 0.2) is 72.9 Å². The maximum absolute atomic E-state index is 12.8. The Kier molecular flexibility index (Phi) is 50.9. The van der Waals surface area contributed by atoms with Crippen LogP contribution in [0, 0.1) is 0 Å². The molecule has 0 aromatic carbocycles. The average molecular weight is 907 g/mol. The van der Waals surface area contributed by atoms with Gasteiger partial charge in [0.15, 0.2) is 6.10 Å². The van der Waals surface area contributed by atoms with Crippen molar-refractivity contribution < 1.29 is 28.6 Å². The van der Waals surface area contributed by atoms with Crippen molar-refractivity contribution in [1.82, 2.24) is 0 Å². The van der Waals surface area contributed by atoms with Crippen LogP contribution in [0.25, 0.3) is 0 Å². The molecule has 65 heavy (non-hydrogen) atoms. The fourth-order valence-electron chi connectivity index (χ4n) is 7.60. The highest BCUT2D eigenvalue weighted by Gasteiger charge is 2.19. The van der Waals surface area contributed by atoms with Gasteiger partial charge in [-0.15, -0.1) is 0 Å². The van der Waals surface area contributed by atoms with E-state index in [1.54, 1.807) is 0 Å². The summed E-state index contributed by atoms with van der Waals surface area (Å²) in [6.45, 7) is 6.45. The number of ether oxygens (including phenoxy) is 3. The second-order valence-electron chi connectivity index (χ2n) is 18.1. The van der Waals surface area contributed by atoms with E-state index in [1.165, 1.54) is 141 Å². The second-order valence-corrected chi connectivity index (χ2v) is 18.1. The lowest BCUT2D eigenvalue weighted by Crippen LogP contribution is -2.30. The predicted molar refractivity (Wildman–Crippen MR) is 279 cm³/mol. The van der Waals surface area contributed by atoms with E-state index in [9.17, 15) is 14.4 Å². The van der Waals surface area contributed by atoms with Crippen molar-refractivity contribution in [2.45, 2.75) is 271 Å². The van der Waals surface area contributed by atoms with Crippen molar-refractivity contribution in [2.24, 2.45) is 0 Å². The van der Waals surface area contributed by atoms with E-state index in [0.29, 0.717) is 19.3 Å². The summed E-state index contributed by atoms with van der Waals surface area (Å²) in [5.74, 6) is -0.984. The van der Waals surface area contributed by atoms with Crippen LogP contribution in [0.5, 0.6) is 0 Å². The molecular weight excluding hydrogens is 805 g/mol. The summed E-state index contributed by atoms with van der Waals surface area (Å²) in [4.78, 5) is 38.0. The molecule has 0 aliphatic rings. The van der Waals surface area contributed by atoms with Crippen LogP contribution in [0.3, 0.4) is 0 Å². The maximum Gasteiger partial charge on any atom is 0.306 e. The Labute approximate surface area is 402 Å². The maximum atomic E-state index is 12.8. The molecule has 0 aliphatic carbocycles. The van der Waals surface area contributed by atoms with Crippen LogP contribution in [-0.2, 0) is 28.6 Å². The highest BCUT2D eigenvalue weighted by atomic mass is 16.6. The summed E-state index contributed by atoms with van der Waals surface area (Å²) < 4.78 is 16.8. The van der Waals surface area contributed by atoms with Crippen molar-refractivity contribution in [3.8, 4) is 0 Å². The van der Waals surface area contributed by atoms with Gasteiger partial charge in [0.25, 0.3) is 0 Å². The molecule has 0 rings (SSSR count). The van der Waals surface area contributed by atoms with E-state index in [2.05, 4.69) is 87.6 Å². The average Bonchev–Trinajstić information content (AvgIpc) is 3.30. The number of rotatable bonds is 49. The van der Waals surface area contributed by atoms with Gasteiger partial charge in [0.1, 0.15) is 13.2 Å². The first-order valence-electron chi connectivity index (χ1n) is 27.4. The van der Waals surface area contributed by atoms with Gasteiger partial charge in [0.05, 0.1) is 0 Å². The molecule has 0 radical (unpaired) electrons. The molecule has 1 atom stereocenters. The van der Waals surface area contributed by atoms with Crippen molar-refractivity contribution in [3.63, 3.8) is 0 Å². The number of allylic oxidation sites excluding steroid dienone is 12. The molecule has 374 valence electrons. The van der Waals surface area contributed by atoms with Gasteiger partial charge in [0.2, 0.25) is 0 Å². The number of esters is 3. The molecule has 0 aromatic heterocycles. The zero-order chi connectivity index (χ0) is 47.2. The summed E-state index contributed by atoms with van der Waals surface area (Å²) in [5, 5.41) is 0. The zero-order valence-electron chi connectivity index (χ0n) is 42.7. The first-order chi connectivity index (χ1) is 32.0. The summed E-state index contributed by atoms with van der Waals surface area (Å²) >= 11 is 0. The van der Waals surface area contributed by atoms with Crippen molar-refractivity contribution in [3.05, 3.63) is 72.9 Å². The summed E-state index contributed by atoms with van der Waals surface area (Å²) in [6, 6.07) is 0. The van der Waals surface area contributed by atoms with Gasteiger partial charge < -0.3 is 14.2 Å². The fraction of sp³-hybridized carbons (Fsp3) is 0.746. The van der Waals surface area contributed by atoms with Gasteiger partial charge in [-0.1, -0.05) is 241 Å². The standard InChI is InChI=1S/C59H102O6/c1-4-7-10-13-16-19-22-25-27-29-31-34-37-40-43-46-49-52-58(61)64-55-56(54-63-57(60)51-48-45-42-39-36-33-24-21-18-15-12-9-6-3)65-59(62)53-50-47-44-41-38-35-32-30-28-26-23-20-17-14-11-8-5-2/h9,12,16,18-19,21,25,27,33,36,42,45,56H,4-8,10-11,13-15,17,20,22-24,26,28-32,34-35,37-41,43-44,46-55H2,1-3H3/b12-9-,19-16-,21-18-,27-25-,36-33-,45-42-. The largest absolute Gasteiger partial charge is 0.462 e. The number of carbonyl (C=O) groups is 3. The van der Waals surface area contributed by atoms with Crippen LogP contribution in [0.4, 0.5) is 0 Å². The Bertz CT molecular complexity index is 1230. The van der Waals surface area contributed by atoms with Gasteiger partial charge >= 0.3 is 17.9 Å². The molecule has 1 unspecified atom stereocenters. The molecule has 0 amide bonds. The Hall–Kier alpha value is -3.15. The molecule has 0 aromatic rings. The highest BCUT2D eigenvalue weighted by Crippen LogP contribution is 2.16. The zero-order valence-corrected chi connectivity index (χ0v) is 42.7. The van der Waals surface area contributed by atoms with E-state index >= 15 is 0 Å². The molecular formula is C59H102O6. The quantitative estimate of drug-likeness (QED) is 0.0262. The first kappa shape index (κ1) is 61.9. The Morgan fingerprint density at radius 2 is 0.631 bits per heavy atom. The van der Waals surface area contributed by atoms with Gasteiger partial charge in [-0.3, -0.25) is 14.4 Å². The minimum absolute atomic E-state index is 0.0997. The number of hydrogen-bond acceptors (Lipinski definition) is 6.